The second kappa shape index (κ2) is 8.92. The van der Waals surface area contributed by atoms with Gasteiger partial charge in [0.2, 0.25) is 5.91 Å². The highest BCUT2D eigenvalue weighted by molar-refractivity contribution is 7.99. The molecule has 7 heteroatoms. The van der Waals surface area contributed by atoms with Crippen LogP contribution in [-0.4, -0.2) is 46.8 Å². The van der Waals surface area contributed by atoms with Crippen LogP contribution in [0.2, 0.25) is 0 Å². The van der Waals surface area contributed by atoms with Crippen LogP contribution in [0.3, 0.4) is 0 Å². The summed E-state index contributed by atoms with van der Waals surface area (Å²) in [6.07, 6.45) is 4.58. The van der Waals surface area contributed by atoms with Crippen molar-refractivity contribution in [3.8, 4) is 0 Å². The van der Waals surface area contributed by atoms with E-state index >= 15 is 0 Å². The van der Waals surface area contributed by atoms with Crippen LogP contribution in [0.1, 0.15) is 42.5 Å². The van der Waals surface area contributed by atoms with Gasteiger partial charge in [0.05, 0.1) is 5.54 Å². The minimum atomic E-state index is -0.775. The number of hydrogen-bond donors (Lipinski definition) is 2. The highest BCUT2D eigenvalue weighted by Gasteiger charge is 2.35. The number of carbonyl (C=O) groups is 2. The van der Waals surface area contributed by atoms with Crippen molar-refractivity contribution >= 4 is 41.7 Å². The topological polar surface area (TPSA) is 75.4 Å². The molecule has 2 fully saturated rings. The molecule has 0 aromatic heterocycles. The minimum Gasteiger partial charge on any atom is -0.337 e. The Balaban J connectivity index is 0.00000225. The smallest absolute Gasteiger partial charge is 0.253 e. The summed E-state index contributed by atoms with van der Waals surface area (Å²) in [4.78, 5) is 27.0. The van der Waals surface area contributed by atoms with Crippen molar-refractivity contribution in [3.05, 3.63) is 29.8 Å². The first-order valence-electron chi connectivity index (χ1n) is 8.66. The molecule has 138 valence electrons. The number of nitrogens with two attached hydrogens (primary N) is 1. The Morgan fingerprint density at radius 2 is 1.80 bits per heavy atom. The molecule has 0 radical (unpaired) electrons. The monoisotopic (exact) mass is 383 g/mol. The fourth-order valence-corrected chi connectivity index (χ4v) is 4.25. The zero-order chi connectivity index (χ0) is 17.0. The minimum absolute atomic E-state index is 0. The molecule has 0 spiro atoms. The number of halogens is 1. The second-order valence-electron chi connectivity index (χ2n) is 6.66. The van der Waals surface area contributed by atoms with E-state index in [1.807, 2.05) is 28.8 Å². The van der Waals surface area contributed by atoms with Crippen molar-refractivity contribution in [2.24, 2.45) is 5.73 Å². The van der Waals surface area contributed by atoms with E-state index in [4.69, 9.17) is 5.73 Å². The third-order valence-corrected chi connectivity index (χ3v) is 5.81. The number of rotatable bonds is 3. The maximum absolute atomic E-state index is 12.6. The molecule has 3 N–H and O–H groups in total. The highest BCUT2D eigenvalue weighted by Crippen LogP contribution is 2.27. The number of nitrogens with zero attached hydrogens (tertiary/aromatic N) is 1. The molecule has 1 aromatic rings. The Hall–Kier alpha value is -1.24. The number of amides is 2. The summed E-state index contributed by atoms with van der Waals surface area (Å²) < 4.78 is 0. The zero-order valence-corrected chi connectivity index (χ0v) is 16.0. The van der Waals surface area contributed by atoms with E-state index in [1.54, 1.807) is 12.1 Å². The Kier molecular flexibility index (Phi) is 7.16. The van der Waals surface area contributed by atoms with E-state index in [2.05, 4.69) is 5.32 Å². The maximum atomic E-state index is 12.6. The quantitative estimate of drug-likeness (QED) is 0.841. The van der Waals surface area contributed by atoms with Gasteiger partial charge in [0.1, 0.15) is 0 Å². The third-order valence-electron chi connectivity index (χ3n) is 4.86. The van der Waals surface area contributed by atoms with Crippen molar-refractivity contribution in [2.75, 3.05) is 29.9 Å². The largest absolute Gasteiger partial charge is 0.337 e. The summed E-state index contributed by atoms with van der Waals surface area (Å²) in [6.45, 7) is 1.57. The summed E-state index contributed by atoms with van der Waals surface area (Å²) in [5, 5.41) is 2.91. The molecule has 3 rings (SSSR count). The van der Waals surface area contributed by atoms with Crippen LogP contribution in [0.4, 0.5) is 5.69 Å². The highest BCUT2D eigenvalue weighted by atomic mass is 35.5. The summed E-state index contributed by atoms with van der Waals surface area (Å²) in [5.41, 5.74) is 6.77. The van der Waals surface area contributed by atoms with Crippen LogP contribution in [0.25, 0.3) is 0 Å². The molecule has 25 heavy (non-hydrogen) atoms. The SMILES string of the molecule is Cl.NC1(C(=O)Nc2cccc(C(=O)N3CCSCC3)c2)CCCCC1. The van der Waals surface area contributed by atoms with Gasteiger partial charge in [-0.05, 0) is 31.0 Å². The van der Waals surface area contributed by atoms with E-state index in [1.165, 1.54) is 0 Å². The number of thioether (sulfide) groups is 1. The Labute approximate surface area is 159 Å². The van der Waals surface area contributed by atoms with Gasteiger partial charge in [-0.1, -0.05) is 25.3 Å². The molecule has 0 unspecified atom stereocenters. The van der Waals surface area contributed by atoms with Crippen molar-refractivity contribution in [1.82, 2.24) is 4.90 Å². The van der Waals surface area contributed by atoms with Crippen LogP contribution in [0.5, 0.6) is 0 Å². The molecule has 1 aliphatic carbocycles. The third kappa shape index (κ3) is 4.90. The van der Waals surface area contributed by atoms with Crippen molar-refractivity contribution in [2.45, 2.75) is 37.6 Å². The molecule has 2 aliphatic rings. The van der Waals surface area contributed by atoms with E-state index in [0.29, 0.717) is 11.3 Å². The molecule has 1 aliphatic heterocycles. The normalized spacial score (nSPS) is 19.6. The Morgan fingerprint density at radius 1 is 1.12 bits per heavy atom. The summed E-state index contributed by atoms with van der Waals surface area (Å²) in [7, 11) is 0. The summed E-state index contributed by atoms with van der Waals surface area (Å²) in [6, 6.07) is 7.19. The van der Waals surface area contributed by atoms with Gasteiger partial charge >= 0.3 is 0 Å². The first-order chi connectivity index (χ1) is 11.6. The molecule has 1 aromatic carbocycles. The molecule has 1 saturated carbocycles. The van der Waals surface area contributed by atoms with Gasteiger partial charge < -0.3 is 16.0 Å². The average molecular weight is 384 g/mol. The van der Waals surface area contributed by atoms with E-state index < -0.39 is 5.54 Å². The molecule has 0 bridgehead atoms. The van der Waals surface area contributed by atoms with E-state index in [-0.39, 0.29) is 24.2 Å². The van der Waals surface area contributed by atoms with Crippen molar-refractivity contribution < 1.29 is 9.59 Å². The van der Waals surface area contributed by atoms with Gasteiger partial charge in [0.25, 0.3) is 5.91 Å². The van der Waals surface area contributed by atoms with E-state index in [0.717, 1.165) is 56.7 Å². The lowest BCUT2D eigenvalue weighted by Gasteiger charge is -2.31. The molecular formula is C18H26ClN3O2S. The van der Waals surface area contributed by atoms with Crippen LogP contribution >= 0.6 is 24.2 Å². The predicted octanol–water partition coefficient (Wildman–Crippen LogP) is 2.90. The van der Waals surface area contributed by atoms with E-state index in [9.17, 15) is 9.59 Å². The van der Waals surface area contributed by atoms with Gasteiger partial charge in [0, 0.05) is 35.8 Å². The molecule has 1 heterocycles. The number of anilines is 1. The Morgan fingerprint density at radius 3 is 2.48 bits per heavy atom. The number of hydrogen-bond acceptors (Lipinski definition) is 4. The first-order valence-corrected chi connectivity index (χ1v) is 9.81. The molecule has 1 saturated heterocycles. The summed E-state index contributed by atoms with van der Waals surface area (Å²) >= 11 is 1.87. The Bertz CT molecular complexity index is 614. The van der Waals surface area contributed by atoms with Crippen LogP contribution in [-0.2, 0) is 4.79 Å². The number of nitrogens with one attached hydrogen (secondary N) is 1. The molecule has 5 nitrogen and oxygen atoms in total. The van der Waals surface area contributed by atoms with Gasteiger partial charge in [-0.15, -0.1) is 12.4 Å². The van der Waals surface area contributed by atoms with Crippen LogP contribution in [0, 0.1) is 0 Å². The van der Waals surface area contributed by atoms with Gasteiger partial charge in [-0.3, -0.25) is 9.59 Å². The van der Waals surface area contributed by atoms with Gasteiger partial charge in [0.15, 0.2) is 0 Å². The van der Waals surface area contributed by atoms with Crippen molar-refractivity contribution in [1.29, 1.82) is 0 Å². The lowest BCUT2D eigenvalue weighted by molar-refractivity contribution is -0.122. The van der Waals surface area contributed by atoms with Gasteiger partial charge in [-0.25, -0.2) is 0 Å². The van der Waals surface area contributed by atoms with Crippen LogP contribution in [0.15, 0.2) is 24.3 Å². The zero-order valence-electron chi connectivity index (χ0n) is 14.3. The number of benzene rings is 1. The van der Waals surface area contributed by atoms with Gasteiger partial charge in [-0.2, -0.15) is 11.8 Å². The molecule has 0 atom stereocenters. The summed E-state index contributed by atoms with van der Waals surface area (Å²) in [5.74, 6) is 1.86. The predicted molar refractivity (Wildman–Crippen MR) is 106 cm³/mol. The lowest BCUT2D eigenvalue weighted by Crippen LogP contribution is -2.52. The molecule has 2 amide bonds. The second-order valence-corrected chi connectivity index (χ2v) is 7.88. The number of carbonyl (C=O) groups excluding carboxylic acids is 2. The van der Waals surface area contributed by atoms with Crippen molar-refractivity contribution in [3.63, 3.8) is 0 Å². The standard InChI is InChI=1S/C18H25N3O2S.ClH/c19-18(7-2-1-3-8-18)17(23)20-15-6-4-5-14(13-15)16(22)21-9-11-24-12-10-21;/h4-6,13H,1-3,7-12,19H2,(H,20,23);1H. The molecular weight excluding hydrogens is 358 g/mol. The van der Waals surface area contributed by atoms with Crippen LogP contribution < -0.4 is 11.1 Å². The first kappa shape index (κ1) is 20.1. The average Bonchev–Trinajstić information content (AvgIpc) is 2.62. The maximum Gasteiger partial charge on any atom is 0.253 e. The fraction of sp³-hybridized carbons (Fsp3) is 0.556. The fourth-order valence-electron chi connectivity index (χ4n) is 3.34. The lowest BCUT2D eigenvalue weighted by atomic mass is 9.82.